The van der Waals surface area contributed by atoms with E-state index in [2.05, 4.69) is 9.93 Å². The number of carbonyl (C=O) groups is 1. The Hall–Kier alpha value is -3.71. The zero-order valence-corrected chi connectivity index (χ0v) is 19.6. The predicted molar refractivity (Wildman–Crippen MR) is 133 cm³/mol. The van der Waals surface area contributed by atoms with Gasteiger partial charge in [-0.15, -0.1) is 0 Å². The molecule has 1 N–H and O–H groups in total. The number of allylic oxidation sites excluding steroid dienone is 2. The van der Waals surface area contributed by atoms with Crippen LogP contribution in [0.2, 0.25) is 0 Å². The number of benzene rings is 3. The minimum Gasteiger partial charge on any atom is -0.465 e. The molecule has 0 saturated carbocycles. The molecule has 7 heteroatoms. The van der Waals surface area contributed by atoms with E-state index in [1.807, 2.05) is 60.7 Å². The number of esters is 1. The monoisotopic (exact) mass is 474 g/mol. The topological polar surface area (TPSA) is 84.8 Å². The Balaban J connectivity index is 1.81. The highest BCUT2D eigenvalue weighted by Gasteiger charge is 2.38. The third-order valence-electron chi connectivity index (χ3n) is 5.74. The summed E-state index contributed by atoms with van der Waals surface area (Å²) < 4.78 is 31.0. The molecule has 2 atom stereocenters. The van der Waals surface area contributed by atoms with Gasteiger partial charge in [-0.1, -0.05) is 78.9 Å². The van der Waals surface area contributed by atoms with E-state index in [0.717, 1.165) is 16.7 Å². The summed E-state index contributed by atoms with van der Waals surface area (Å²) in [7, 11) is -3.90. The quantitative estimate of drug-likeness (QED) is 0.395. The van der Waals surface area contributed by atoms with Crippen molar-refractivity contribution in [3.63, 3.8) is 0 Å². The minimum atomic E-state index is -3.90. The van der Waals surface area contributed by atoms with Crippen LogP contribution in [0.15, 0.2) is 107 Å². The van der Waals surface area contributed by atoms with Crippen LogP contribution in [0.3, 0.4) is 0 Å². The van der Waals surface area contributed by atoms with Crippen molar-refractivity contribution in [2.75, 3.05) is 6.61 Å². The van der Waals surface area contributed by atoms with E-state index in [1.165, 1.54) is 12.1 Å². The summed E-state index contributed by atoms with van der Waals surface area (Å²) in [6, 6.07) is 27.5. The highest BCUT2D eigenvalue weighted by molar-refractivity contribution is 7.89. The van der Waals surface area contributed by atoms with Gasteiger partial charge in [0.2, 0.25) is 0 Å². The predicted octanol–water partition coefficient (Wildman–Crippen LogP) is 4.77. The van der Waals surface area contributed by atoms with Crippen LogP contribution in [-0.4, -0.2) is 26.7 Å². The molecule has 4 rings (SSSR count). The maximum atomic E-state index is 13.1. The Morgan fingerprint density at radius 2 is 1.53 bits per heavy atom. The molecule has 1 aliphatic rings. The van der Waals surface area contributed by atoms with Crippen LogP contribution in [0.25, 0.3) is 5.57 Å². The van der Waals surface area contributed by atoms with Crippen LogP contribution >= 0.6 is 0 Å². The van der Waals surface area contributed by atoms with Crippen LogP contribution in [0.1, 0.15) is 30.4 Å². The van der Waals surface area contributed by atoms with Crippen molar-refractivity contribution in [2.24, 2.45) is 11.0 Å². The molecule has 0 fully saturated rings. The molecule has 2 unspecified atom stereocenters. The van der Waals surface area contributed by atoms with E-state index < -0.39 is 21.9 Å². The summed E-state index contributed by atoms with van der Waals surface area (Å²) >= 11 is 0. The number of sulfonamides is 1. The van der Waals surface area contributed by atoms with Gasteiger partial charge in [-0.2, -0.15) is 18.4 Å². The molecule has 6 nitrogen and oxygen atoms in total. The van der Waals surface area contributed by atoms with Gasteiger partial charge in [0.1, 0.15) is 5.92 Å². The van der Waals surface area contributed by atoms with Crippen molar-refractivity contribution in [1.82, 2.24) is 4.83 Å². The van der Waals surface area contributed by atoms with Crippen molar-refractivity contribution < 1.29 is 17.9 Å². The number of nitrogens with zero attached hydrogens (tertiary/aromatic N) is 1. The fraction of sp³-hybridized carbons (Fsp3) is 0.185. The van der Waals surface area contributed by atoms with Gasteiger partial charge in [-0.3, -0.25) is 4.79 Å². The first-order valence-corrected chi connectivity index (χ1v) is 12.6. The summed E-state index contributed by atoms with van der Waals surface area (Å²) in [5.74, 6) is -1.45. The Kier molecular flexibility index (Phi) is 7.23. The van der Waals surface area contributed by atoms with Crippen molar-refractivity contribution in [2.45, 2.75) is 24.2 Å². The first-order valence-electron chi connectivity index (χ1n) is 11.1. The second kappa shape index (κ2) is 10.5. The van der Waals surface area contributed by atoms with Gasteiger partial charge in [0.05, 0.1) is 17.2 Å². The summed E-state index contributed by atoms with van der Waals surface area (Å²) in [6.45, 7) is 1.97. The number of carbonyl (C=O) groups excluding carboxylic acids is 1. The largest absolute Gasteiger partial charge is 0.465 e. The molecule has 0 bridgehead atoms. The lowest BCUT2D eigenvalue weighted by atomic mass is 9.73. The van der Waals surface area contributed by atoms with Gasteiger partial charge >= 0.3 is 5.97 Å². The van der Waals surface area contributed by atoms with Crippen molar-refractivity contribution in [3.8, 4) is 0 Å². The SMILES string of the molecule is CCOC(=O)C1/C(=N\NS(=O)(=O)c2ccccc2)C=C(c2ccccc2)CC1c1ccccc1. The summed E-state index contributed by atoms with van der Waals surface area (Å²) in [5, 5.41) is 4.27. The molecule has 0 radical (unpaired) electrons. The maximum absolute atomic E-state index is 13.1. The molecule has 174 valence electrons. The number of ether oxygens (including phenoxy) is 1. The number of nitrogens with one attached hydrogen (secondary N) is 1. The van der Waals surface area contributed by atoms with Gasteiger partial charge in [0.25, 0.3) is 10.0 Å². The van der Waals surface area contributed by atoms with Crippen LogP contribution < -0.4 is 4.83 Å². The van der Waals surface area contributed by atoms with Gasteiger partial charge in [-0.25, -0.2) is 0 Å². The van der Waals surface area contributed by atoms with Crippen LogP contribution in [-0.2, 0) is 19.6 Å². The molecule has 0 aliphatic heterocycles. The summed E-state index contributed by atoms with van der Waals surface area (Å²) in [4.78, 5) is 15.5. The second-order valence-corrected chi connectivity index (χ2v) is 9.59. The van der Waals surface area contributed by atoms with Gasteiger partial charge in [0.15, 0.2) is 0 Å². The highest BCUT2D eigenvalue weighted by atomic mass is 32.2. The molecule has 0 heterocycles. The molecular weight excluding hydrogens is 448 g/mol. The number of rotatable bonds is 7. The molecule has 0 saturated heterocycles. The Morgan fingerprint density at radius 1 is 0.941 bits per heavy atom. The number of hydrazone groups is 1. The third-order valence-corrected chi connectivity index (χ3v) is 6.97. The average molecular weight is 475 g/mol. The smallest absolute Gasteiger partial charge is 0.315 e. The molecular formula is C27H26N2O4S. The highest BCUT2D eigenvalue weighted by Crippen LogP contribution is 2.40. The lowest BCUT2D eigenvalue weighted by molar-refractivity contribution is -0.146. The zero-order chi connectivity index (χ0) is 24.0. The van der Waals surface area contributed by atoms with Crippen molar-refractivity contribution in [1.29, 1.82) is 0 Å². The van der Waals surface area contributed by atoms with E-state index in [4.69, 9.17) is 4.74 Å². The van der Waals surface area contributed by atoms with Crippen LogP contribution in [0.4, 0.5) is 0 Å². The van der Waals surface area contributed by atoms with Gasteiger partial charge in [-0.05, 0) is 48.3 Å². The number of hydrogen-bond acceptors (Lipinski definition) is 5. The van der Waals surface area contributed by atoms with E-state index in [-0.39, 0.29) is 17.4 Å². The first-order chi connectivity index (χ1) is 16.5. The molecule has 34 heavy (non-hydrogen) atoms. The molecule has 1 aliphatic carbocycles. The maximum Gasteiger partial charge on any atom is 0.315 e. The molecule has 0 spiro atoms. The molecule has 0 aromatic heterocycles. The van der Waals surface area contributed by atoms with Crippen LogP contribution in [0, 0.1) is 5.92 Å². The van der Waals surface area contributed by atoms with E-state index in [9.17, 15) is 13.2 Å². The third kappa shape index (κ3) is 5.26. The average Bonchev–Trinajstić information content (AvgIpc) is 2.88. The fourth-order valence-corrected chi connectivity index (χ4v) is 4.98. The normalized spacial score (nSPS) is 19.3. The van der Waals surface area contributed by atoms with Crippen molar-refractivity contribution in [3.05, 3.63) is 108 Å². The first kappa shape index (κ1) is 23.4. The van der Waals surface area contributed by atoms with Gasteiger partial charge < -0.3 is 4.74 Å². The molecule has 3 aromatic carbocycles. The zero-order valence-electron chi connectivity index (χ0n) is 18.8. The second-order valence-electron chi connectivity index (χ2n) is 7.93. The Labute approximate surface area is 200 Å². The Morgan fingerprint density at radius 3 is 2.15 bits per heavy atom. The van der Waals surface area contributed by atoms with E-state index in [0.29, 0.717) is 12.1 Å². The lowest BCUT2D eigenvalue weighted by Crippen LogP contribution is -2.35. The molecule has 3 aromatic rings. The van der Waals surface area contributed by atoms with E-state index in [1.54, 1.807) is 31.2 Å². The minimum absolute atomic E-state index is 0.0923. The van der Waals surface area contributed by atoms with Crippen molar-refractivity contribution >= 4 is 27.3 Å². The van der Waals surface area contributed by atoms with Gasteiger partial charge in [0, 0.05) is 5.92 Å². The van der Waals surface area contributed by atoms with Crippen LogP contribution in [0.5, 0.6) is 0 Å². The molecule has 0 amide bonds. The number of hydrogen-bond donors (Lipinski definition) is 1. The Bertz CT molecular complexity index is 1290. The van der Waals surface area contributed by atoms with E-state index >= 15 is 0 Å². The summed E-state index contributed by atoms with van der Waals surface area (Å²) in [5.41, 5.74) is 3.23. The standard InChI is InChI=1S/C27H26N2O4S/c1-2-33-27(30)26-24(21-14-8-4-9-15-21)18-22(20-12-6-3-7-13-20)19-25(26)28-29-34(31,32)23-16-10-5-11-17-23/h3-17,19,24,26,29H,2,18H2,1H3/b28-25-. The summed E-state index contributed by atoms with van der Waals surface area (Å²) in [6.07, 6.45) is 2.38. The lowest BCUT2D eigenvalue weighted by Gasteiger charge is -2.31. The fourth-order valence-electron chi connectivity index (χ4n) is 4.14.